The zero-order valence-corrected chi connectivity index (χ0v) is 11.8. The van der Waals surface area contributed by atoms with Gasteiger partial charge in [-0.2, -0.15) is 13.2 Å². The van der Waals surface area contributed by atoms with Crippen LogP contribution in [0.2, 0.25) is 0 Å². The number of likely N-dealkylation sites (tertiary alicyclic amines) is 1. The van der Waals surface area contributed by atoms with Crippen LogP contribution < -0.4 is 0 Å². The fraction of sp³-hybridized carbons (Fsp3) is 0.533. The Labute approximate surface area is 121 Å². The average molecular weight is 301 g/mol. The van der Waals surface area contributed by atoms with Crippen molar-refractivity contribution in [2.75, 3.05) is 19.7 Å². The number of rotatable bonds is 5. The maximum atomic E-state index is 12.4. The number of ether oxygens (including phenoxy) is 1. The molecular weight excluding hydrogens is 283 g/mol. The van der Waals surface area contributed by atoms with Crippen molar-refractivity contribution < 1.29 is 22.7 Å². The van der Waals surface area contributed by atoms with Gasteiger partial charge in [-0.1, -0.05) is 37.3 Å². The predicted octanol–water partition coefficient (Wildman–Crippen LogP) is 2.97. The van der Waals surface area contributed by atoms with Crippen LogP contribution in [0.1, 0.15) is 24.8 Å². The van der Waals surface area contributed by atoms with Gasteiger partial charge in [0, 0.05) is 13.1 Å². The minimum atomic E-state index is -4.32. The smallest absolute Gasteiger partial charge is 0.365 e. The first-order valence-electron chi connectivity index (χ1n) is 6.92. The number of amides is 1. The fourth-order valence-corrected chi connectivity index (χ4v) is 2.39. The molecule has 6 heteroatoms. The third-order valence-corrected chi connectivity index (χ3v) is 3.55. The van der Waals surface area contributed by atoms with Crippen molar-refractivity contribution in [2.24, 2.45) is 0 Å². The number of hydrogen-bond acceptors (Lipinski definition) is 2. The first kappa shape index (κ1) is 15.8. The van der Waals surface area contributed by atoms with Gasteiger partial charge in [0.1, 0.15) is 6.61 Å². The molecule has 1 fully saturated rings. The lowest BCUT2D eigenvalue weighted by Gasteiger charge is -2.40. The van der Waals surface area contributed by atoms with E-state index in [1.807, 2.05) is 37.3 Å². The van der Waals surface area contributed by atoms with Crippen LogP contribution in [-0.4, -0.2) is 42.8 Å². The highest BCUT2D eigenvalue weighted by molar-refractivity contribution is 5.84. The maximum Gasteiger partial charge on any atom is 0.411 e. The average Bonchev–Trinajstić information content (AvgIpc) is 2.37. The molecule has 0 aromatic heterocycles. The summed E-state index contributed by atoms with van der Waals surface area (Å²) >= 11 is 0. The summed E-state index contributed by atoms with van der Waals surface area (Å²) in [6.07, 6.45) is -4.17. The molecule has 1 atom stereocenters. The molecule has 1 aromatic rings. The second-order valence-corrected chi connectivity index (χ2v) is 5.16. The number of halogens is 3. The van der Waals surface area contributed by atoms with Crippen LogP contribution in [0.5, 0.6) is 0 Å². The summed E-state index contributed by atoms with van der Waals surface area (Å²) in [6, 6.07) is 9.41. The molecule has 0 spiro atoms. The van der Waals surface area contributed by atoms with Crippen LogP contribution in [0.15, 0.2) is 30.3 Å². The van der Waals surface area contributed by atoms with Gasteiger partial charge < -0.3 is 9.64 Å². The Morgan fingerprint density at radius 1 is 1.33 bits per heavy atom. The maximum absolute atomic E-state index is 12.4. The van der Waals surface area contributed by atoms with Crippen molar-refractivity contribution in [1.82, 2.24) is 4.90 Å². The Kier molecular flexibility index (Phi) is 4.88. The van der Waals surface area contributed by atoms with E-state index in [0.29, 0.717) is 6.42 Å². The van der Waals surface area contributed by atoms with E-state index >= 15 is 0 Å². The van der Waals surface area contributed by atoms with Gasteiger partial charge in [0.05, 0.1) is 12.0 Å². The second kappa shape index (κ2) is 6.47. The lowest BCUT2D eigenvalue weighted by atomic mass is 9.93. The SMILES string of the molecule is CCC(C(=O)N1CC(OCC(F)(F)F)C1)c1ccccc1. The van der Waals surface area contributed by atoms with Gasteiger partial charge in [-0.05, 0) is 12.0 Å². The van der Waals surface area contributed by atoms with E-state index in [9.17, 15) is 18.0 Å². The summed E-state index contributed by atoms with van der Waals surface area (Å²) in [6.45, 7) is 1.14. The standard InChI is InChI=1S/C15H18F3NO2/c1-2-13(11-6-4-3-5-7-11)14(20)19-8-12(9-19)21-10-15(16,17)18/h3-7,12-13H,2,8-10H2,1H3. The molecule has 116 valence electrons. The topological polar surface area (TPSA) is 29.5 Å². The lowest BCUT2D eigenvalue weighted by Crippen LogP contribution is -2.56. The van der Waals surface area contributed by atoms with Crippen LogP contribution in [0.25, 0.3) is 0 Å². The molecule has 1 aliphatic rings. The van der Waals surface area contributed by atoms with Crippen molar-refractivity contribution in [3.8, 4) is 0 Å². The molecule has 1 unspecified atom stereocenters. The molecule has 0 N–H and O–H groups in total. The first-order valence-corrected chi connectivity index (χ1v) is 6.92. The van der Waals surface area contributed by atoms with Crippen LogP contribution in [-0.2, 0) is 9.53 Å². The molecule has 1 heterocycles. The monoisotopic (exact) mass is 301 g/mol. The predicted molar refractivity (Wildman–Crippen MR) is 71.8 cm³/mol. The molecule has 0 bridgehead atoms. The summed E-state index contributed by atoms with van der Waals surface area (Å²) in [5.74, 6) is -0.287. The summed E-state index contributed by atoms with van der Waals surface area (Å²) in [7, 11) is 0. The van der Waals surface area contributed by atoms with E-state index in [1.54, 1.807) is 4.90 Å². The number of carbonyl (C=O) groups excluding carboxylic acids is 1. The fourth-order valence-electron chi connectivity index (χ4n) is 2.39. The highest BCUT2D eigenvalue weighted by Crippen LogP contribution is 2.26. The zero-order chi connectivity index (χ0) is 15.5. The third-order valence-electron chi connectivity index (χ3n) is 3.55. The van der Waals surface area contributed by atoms with Crippen LogP contribution in [0, 0.1) is 0 Å². The summed E-state index contributed by atoms with van der Waals surface area (Å²) < 4.78 is 40.8. The minimum absolute atomic E-state index is 0.0458. The molecule has 1 aliphatic heterocycles. The Bertz CT molecular complexity index is 470. The molecule has 2 rings (SSSR count). The largest absolute Gasteiger partial charge is 0.411 e. The van der Waals surface area contributed by atoms with E-state index in [4.69, 9.17) is 4.74 Å². The Balaban J connectivity index is 1.85. The van der Waals surface area contributed by atoms with Gasteiger partial charge in [-0.3, -0.25) is 4.79 Å². The van der Waals surface area contributed by atoms with E-state index < -0.39 is 18.9 Å². The summed E-state index contributed by atoms with van der Waals surface area (Å²) in [4.78, 5) is 13.9. The van der Waals surface area contributed by atoms with E-state index in [2.05, 4.69) is 0 Å². The molecule has 1 saturated heterocycles. The number of hydrogen-bond donors (Lipinski definition) is 0. The highest BCUT2D eigenvalue weighted by atomic mass is 19.4. The molecular formula is C15H18F3NO2. The van der Waals surface area contributed by atoms with Gasteiger partial charge in [0.2, 0.25) is 5.91 Å². The van der Waals surface area contributed by atoms with Crippen LogP contribution in [0.4, 0.5) is 13.2 Å². The summed E-state index contributed by atoms with van der Waals surface area (Å²) in [5, 5.41) is 0. The second-order valence-electron chi connectivity index (χ2n) is 5.16. The number of alkyl halides is 3. The molecule has 1 amide bonds. The van der Waals surface area contributed by atoms with Gasteiger partial charge >= 0.3 is 6.18 Å². The van der Waals surface area contributed by atoms with Crippen molar-refractivity contribution in [3.63, 3.8) is 0 Å². The van der Waals surface area contributed by atoms with Gasteiger partial charge in [0.15, 0.2) is 0 Å². The molecule has 0 radical (unpaired) electrons. The Hall–Kier alpha value is -1.56. The van der Waals surface area contributed by atoms with E-state index in [0.717, 1.165) is 5.56 Å². The van der Waals surface area contributed by atoms with Gasteiger partial charge in [-0.25, -0.2) is 0 Å². The molecule has 3 nitrogen and oxygen atoms in total. The van der Waals surface area contributed by atoms with E-state index in [-0.39, 0.29) is 24.9 Å². The van der Waals surface area contributed by atoms with Gasteiger partial charge in [0.25, 0.3) is 0 Å². The van der Waals surface area contributed by atoms with Crippen molar-refractivity contribution in [2.45, 2.75) is 31.5 Å². The number of carbonyl (C=O) groups is 1. The first-order chi connectivity index (χ1) is 9.90. The molecule has 1 aromatic carbocycles. The van der Waals surface area contributed by atoms with Crippen molar-refractivity contribution in [1.29, 1.82) is 0 Å². The Morgan fingerprint density at radius 3 is 2.48 bits per heavy atom. The third kappa shape index (κ3) is 4.20. The Morgan fingerprint density at radius 2 is 1.95 bits per heavy atom. The van der Waals surface area contributed by atoms with Crippen molar-refractivity contribution >= 4 is 5.91 Å². The van der Waals surface area contributed by atoms with E-state index in [1.165, 1.54) is 0 Å². The van der Waals surface area contributed by atoms with Gasteiger partial charge in [-0.15, -0.1) is 0 Å². The molecule has 0 saturated carbocycles. The molecule has 0 aliphatic carbocycles. The minimum Gasteiger partial charge on any atom is -0.365 e. The molecule has 21 heavy (non-hydrogen) atoms. The highest BCUT2D eigenvalue weighted by Gasteiger charge is 2.37. The quantitative estimate of drug-likeness (QED) is 0.837. The zero-order valence-electron chi connectivity index (χ0n) is 11.8. The number of benzene rings is 1. The normalized spacial score (nSPS) is 17.4. The van der Waals surface area contributed by atoms with Crippen LogP contribution in [0.3, 0.4) is 0 Å². The lowest BCUT2D eigenvalue weighted by molar-refractivity contribution is -0.200. The van der Waals surface area contributed by atoms with Crippen molar-refractivity contribution in [3.05, 3.63) is 35.9 Å². The van der Waals surface area contributed by atoms with Crippen LogP contribution >= 0.6 is 0 Å². The summed E-state index contributed by atoms with van der Waals surface area (Å²) in [5.41, 5.74) is 0.935. The number of nitrogens with zero attached hydrogens (tertiary/aromatic N) is 1.